The van der Waals surface area contributed by atoms with Gasteiger partial charge in [-0.15, -0.1) is 0 Å². The second-order valence-electron chi connectivity index (χ2n) is 4.10. The minimum atomic E-state index is 0.697. The van der Waals surface area contributed by atoms with Gasteiger partial charge in [0.1, 0.15) is 12.7 Å². The molecule has 0 aliphatic carbocycles. The average Bonchev–Trinajstić information content (AvgIpc) is 2.85. The van der Waals surface area contributed by atoms with Crippen molar-refractivity contribution in [1.29, 1.82) is 0 Å². The van der Waals surface area contributed by atoms with Crippen molar-refractivity contribution in [2.45, 2.75) is 34.1 Å². The summed E-state index contributed by atoms with van der Waals surface area (Å²) >= 11 is 0. The quantitative estimate of drug-likeness (QED) is 0.809. The number of benzene rings is 1. The van der Waals surface area contributed by atoms with Crippen LogP contribution in [0.15, 0.2) is 36.9 Å². The molecule has 3 heteroatoms. The highest BCUT2D eigenvalue weighted by Gasteiger charge is 1.99. The third-order valence-corrected chi connectivity index (χ3v) is 2.26. The number of nitrogens with zero attached hydrogens (tertiary/aromatic N) is 3. The molecule has 0 radical (unpaired) electrons. The first kappa shape index (κ1) is 13.4. The van der Waals surface area contributed by atoms with Crippen LogP contribution in [0, 0.1) is 5.92 Å². The van der Waals surface area contributed by atoms with E-state index in [9.17, 15) is 0 Å². The third-order valence-electron chi connectivity index (χ3n) is 2.26. The zero-order chi connectivity index (χ0) is 12.7. The third kappa shape index (κ3) is 4.02. The second-order valence-corrected chi connectivity index (χ2v) is 4.10. The Labute approximate surface area is 104 Å². The van der Waals surface area contributed by atoms with Gasteiger partial charge in [-0.25, -0.2) is 9.67 Å². The SMILES string of the molecule is CC.CC(C)Cc1ccc(-n2cncn2)cc1. The standard InChI is InChI=1S/C12H15N3.C2H6/c1-10(2)7-11-3-5-12(6-4-11)15-9-13-8-14-15;1-2/h3-6,8-10H,7H2,1-2H3;1-2H3. The minimum absolute atomic E-state index is 0.697. The molecule has 2 rings (SSSR count). The van der Waals surface area contributed by atoms with Crippen molar-refractivity contribution in [2.75, 3.05) is 0 Å². The summed E-state index contributed by atoms with van der Waals surface area (Å²) in [6.45, 7) is 8.46. The van der Waals surface area contributed by atoms with Gasteiger partial charge in [0, 0.05) is 0 Å². The molecule has 3 nitrogen and oxygen atoms in total. The summed E-state index contributed by atoms with van der Waals surface area (Å²) in [4.78, 5) is 3.92. The zero-order valence-corrected chi connectivity index (χ0v) is 11.1. The van der Waals surface area contributed by atoms with Crippen LogP contribution in [0.1, 0.15) is 33.3 Å². The fourth-order valence-corrected chi connectivity index (χ4v) is 1.60. The van der Waals surface area contributed by atoms with E-state index in [-0.39, 0.29) is 0 Å². The fraction of sp³-hybridized carbons (Fsp3) is 0.429. The molecule has 0 atom stereocenters. The summed E-state index contributed by atoms with van der Waals surface area (Å²) in [5, 5.41) is 4.08. The minimum Gasteiger partial charge on any atom is -0.223 e. The van der Waals surface area contributed by atoms with E-state index in [4.69, 9.17) is 0 Å². The molecule has 1 heterocycles. The van der Waals surface area contributed by atoms with Crippen molar-refractivity contribution in [3.63, 3.8) is 0 Å². The topological polar surface area (TPSA) is 30.7 Å². The van der Waals surface area contributed by atoms with E-state index in [1.807, 2.05) is 13.8 Å². The maximum Gasteiger partial charge on any atom is 0.138 e. The molecule has 0 saturated heterocycles. The van der Waals surface area contributed by atoms with E-state index in [0.717, 1.165) is 12.1 Å². The Kier molecular flexibility index (Phi) is 5.40. The van der Waals surface area contributed by atoms with Gasteiger partial charge in [0.15, 0.2) is 0 Å². The van der Waals surface area contributed by atoms with Crippen LogP contribution in [-0.4, -0.2) is 14.8 Å². The monoisotopic (exact) mass is 231 g/mol. The van der Waals surface area contributed by atoms with Gasteiger partial charge in [0.2, 0.25) is 0 Å². The van der Waals surface area contributed by atoms with Gasteiger partial charge < -0.3 is 0 Å². The van der Waals surface area contributed by atoms with E-state index in [2.05, 4.69) is 48.2 Å². The largest absolute Gasteiger partial charge is 0.223 e. The first-order chi connectivity index (χ1) is 8.25. The Morgan fingerprint density at radius 3 is 2.24 bits per heavy atom. The Morgan fingerprint density at radius 2 is 1.76 bits per heavy atom. The Bertz CT molecular complexity index is 402. The molecule has 2 aromatic rings. The lowest BCUT2D eigenvalue weighted by Gasteiger charge is -2.06. The van der Waals surface area contributed by atoms with Crippen LogP contribution in [-0.2, 0) is 6.42 Å². The molecule has 0 aliphatic heterocycles. The van der Waals surface area contributed by atoms with Crippen LogP contribution in [0.2, 0.25) is 0 Å². The molecule has 0 saturated carbocycles. The lowest BCUT2D eigenvalue weighted by Crippen LogP contribution is -1.97. The van der Waals surface area contributed by atoms with Crippen molar-refractivity contribution < 1.29 is 0 Å². The molecule has 0 fully saturated rings. The van der Waals surface area contributed by atoms with E-state index in [1.165, 1.54) is 5.56 Å². The van der Waals surface area contributed by atoms with Gasteiger partial charge >= 0.3 is 0 Å². The molecule has 1 aromatic heterocycles. The van der Waals surface area contributed by atoms with E-state index in [1.54, 1.807) is 17.3 Å². The lowest BCUT2D eigenvalue weighted by molar-refractivity contribution is 0.647. The van der Waals surface area contributed by atoms with Gasteiger partial charge in [0.25, 0.3) is 0 Å². The highest BCUT2D eigenvalue weighted by molar-refractivity contribution is 5.33. The predicted octanol–water partition coefficient (Wildman–Crippen LogP) is 3.49. The highest BCUT2D eigenvalue weighted by atomic mass is 15.3. The van der Waals surface area contributed by atoms with E-state index >= 15 is 0 Å². The second kappa shape index (κ2) is 6.84. The van der Waals surface area contributed by atoms with Crippen molar-refractivity contribution in [1.82, 2.24) is 14.8 Å². The van der Waals surface area contributed by atoms with Gasteiger partial charge in [0.05, 0.1) is 5.69 Å². The molecular weight excluding hydrogens is 210 g/mol. The van der Waals surface area contributed by atoms with Crippen molar-refractivity contribution in [2.24, 2.45) is 5.92 Å². The first-order valence-electron chi connectivity index (χ1n) is 6.19. The molecule has 0 amide bonds. The number of hydrogen-bond acceptors (Lipinski definition) is 2. The van der Waals surface area contributed by atoms with Crippen LogP contribution >= 0.6 is 0 Å². The predicted molar refractivity (Wildman–Crippen MR) is 71.2 cm³/mol. The van der Waals surface area contributed by atoms with Crippen molar-refractivity contribution in [3.05, 3.63) is 42.5 Å². The van der Waals surface area contributed by atoms with E-state index in [0.29, 0.717) is 5.92 Å². The molecular formula is C14H21N3. The average molecular weight is 231 g/mol. The maximum atomic E-state index is 4.08. The Hall–Kier alpha value is -1.64. The Balaban J connectivity index is 0.000000686. The summed E-state index contributed by atoms with van der Waals surface area (Å²) in [6.07, 6.45) is 4.37. The number of aromatic nitrogens is 3. The molecule has 92 valence electrons. The zero-order valence-electron chi connectivity index (χ0n) is 11.1. The number of hydrogen-bond donors (Lipinski definition) is 0. The number of rotatable bonds is 3. The van der Waals surface area contributed by atoms with Gasteiger partial charge in [-0.2, -0.15) is 5.10 Å². The summed E-state index contributed by atoms with van der Waals surface area (Å²) in [6, 6.07) is 8.45. The van der Waals surface area contributed by atoms with Gasteiger partial charge in [-0.3, -0.25) is 0 Å². The van der Waals surface area contributed by atoms with Gasteiger partial charge in [-0.1, -0.05) is 39.8 Å². The molecule has 0 aliphatic rings. The Morgan fingerprint density at radius 1 is 1.12 bits per heavy atom. The van der Waals surface area contributed by atoms with Gasteiger partial charge in [-0.05, 0) is 30.0 Å². The normalized spacial score (nSPS) is 9.94. The summed E-state index contributed by atoms with van der Waals surface area (Å²) < 4.78 is 1.76. The summed E-state index contributed by atoms with van der Waals surface area (Å²) in [7, 11) is 0. The molecule has 0 spiro atoms. The fourth-order valence-electron chi connectivity index (χ4n) is 1.60. The molecule has 1 aromatic carbocycles. The van der Waals surface area contributed by atoms with Crippen LogP contribution in [0.3, 0.4) is 0 Å². The van der Waals surface area contributed by atoms with E-state index < -0.39 is 0 Å². The smallest absolute Gasteiger partial charge is 0.138 e. The van der Waals surface area contributed by atoms with Crippen molar-refractivity contribution in [3.8, 4) is 5.69 Å². The molecule has 0 bridgehead atoms. The molecule has 0 N–H and O–H groups in total. The van der Waals surface area contributed by atoms with Crippen LogP contribution in [0.4, 0.5) is 0 Å². The van der Waals surface area contributed by atoms with Crippen molar-refractivity contribution >= 4 is 0 Å². The van der Waals surface area contributed by atoms with Crippen LogP contribution in [0.5, 0.6) is 0 Å². The van der Waals surface area contributed by atoms with Crippen LogP contribution in [0.25, 0.3) is 5.69 Å². The lowest BCUT2D eigenvalue weighted by atomic mass is 10.0. The molecule has 0 unspecified atom stereocenters. The summed E-state index contributed by atoms with van der Waals surface area (Å²) in [5.74, 6) is 0.697. The highest BCUT2D eigenvalue weighted by Crippen LogP contribution is 2.11. The molecule has 17 heavy (non-hydrogen) atoms. The first-order valence-corrected chi connectivity index (χ1v) is 6.19. The summed E-state index contributed by atoms with van der Waals surface area (Å²) in [5.41, 5.74) is 2.42. The maximum absolute atomic E-state index is 4.08. The van der Waals surface area contributed by atoms with Crippen LogP contribution < -0.4 is 0 Å².